The number of ether oxygens (including phenoxy) is 1. The summed E-state index contributed by atoms with van der Waals surface area (Å²) in [5.41, 5.74) is 1.25. The topological polar surface area (TPSA) is 29.5 Å². The van der Waals surface area contributed by atoms with Crippen LogP contribution in [0.25, 0.3) is 0 Å². The fourth-order valence-corrected chi connectivity index (χ4v) is 3.55. The van der Waals surface area contributed by atoms with E-state index in [4.69, 9.17) is 4.74 Å². The molecule has 1 aliphatic heterocycles. The Kier molecular flexibility index (Phi) is 3.62. The van der Waals surface area contributed by atoms with E-state index in [1.165, 1.54) is 5.56 Å². The van der Waals surface area contributed by atoms with Crippen molar-refractivity contribution in [1.29, 1.82) is 0 Å². The third-order valence-electron chi connectivity index (χ3n) is 4.46. The molecule has 0 amide bonds. The average molecular weight is 271 g/mol. The first-order valence-corrected chi connectivity index (χ1v) is 7.39. The number of carbonyl (C=O) groups excluding carboxylic acids is 1. The molecule has 0 N–H and O–H groups in total. The maximum Gasteiger partial charge on any atom is 0.323 e. The fourth-order valence-electron chi connectivity index (χ4n) is 3.55. The number of rotatable bonds is 4. The highest BCUT2D eigenvalue weighted by Gasteiger charge is 2.49. The summed E-state index contributed by atoms with van der Waals surface area (Å²) < 4.78 is 5.28. The summed E-state index contributed by atoms with van der Waals surface area (Å²) in [5.74, 6) is 0.234. The van der Waals surface area contributed by atoms with E-state index in [2.05, 4.69) is 48.2 Å². The normalized spacial score (nSPS) is 29.6. The lowest BCUT2D eigenvalue weighted by atomic mass is 9.99. The lowest BCUT2D eigenvalue weighted by Gasteiger charge is -2.36. The first-order chi connectivity index (χ1) is 9.72. The van der Waals surface area contributed by atoms with Crippen molar-refractivity contribution in [2.75, 3.05) is 6.61 Å². The first kappa shape index (κ1) is 13.4. The predicted molar refractivity (Wildman–Crippen MR) is 78.2 cm³/mol. The molecule has 1 aromatic rings. The molecule has 2 aliphatic rings. The van der Waals surface area contributed by atoms with Crippen LogP contribution in [0.1, 0.15) is 31.9 Å². The molecule has 0 saturated carbocycles. The van der Waals surface area contributed by atoms with Gasteiger partial charge in [-0.15, -0.1) is 0 Å². The van der Waals surface area contributed by atoms with Crippen molar-refractivity contribution in [2.24, 2.45) is 5.92 Å². The minimum absolute atomic E-state index is 0.0767. The largest absolute Gasteiger partial charge is 0.465 e. The van der Waals surface area contributed by atoms with Crippen molar-refractivity contribution < 1.29 is 9.53 Å². The molecule has 3 rings (SSSR count). The van der Waals surface area contributed by atoms with Gasteiger partial charge in [0, 0.05) is 18.0 Å². The van der Waals surface area contributed by atoms with E-state index in [9.17, 15) is 4.79 Å². The van der Waals surface area contributed by atoms with E-state index in [1.54, 1.807) is 0 Å². The zero-order valence-corrected chi connectivity index (χ0v) is 12.0. The van der Waals surface area contributed by atoms with Gasteiger partial charge in [-0.3, -0.25) is 9.69 Å². The second-order valence-electron chi connectivity index (χ2n) is 5.58. The summed E-state index contributed by atoms with van der Waals surface area (Å²) in [5, 5.41) is 0. The summed E-state index contributed by atoms with van der Waals surface area (Å²) in [6.45, 7) is 4.49. The van der Waals surface area contributed by atoms with Crippen molar-refractivity contribution in [2.45, 2.75) is 38.4 Å². The standard InChI is InChI=1S/C17H21NO2/c1-3-20-17(19)16-14-9-10-15(11-14)18(16)12(2)13-7-5-4-6-8-13/h4-10,12,14-16H,3,11H2,1-2H3/t12-,14?,15?,16-/m0/s1. The van der Waals surface area contributed by atoms with Gasteiger partial charge in [-0.1, -0.05) is 42.5 Å². The van der Waals surface area contributed by atoms with E-state index in [0.717, 1.165) is 6.42 Å². The molecule has 1 heterocycles. The van der Waals surface area contributed by atoms with E-state index < -0.39 is 0 Å². The summed E-state index contributed by atoms with van der Waals surface area (Å²) in [6.07, 6.45) is 5.46. The second kappa shape index (κ2) is 5.41. The fraction of sp³-hybridized carbons (Fsp3) is 0.471. The van der Waals surface area contributed by atoms with Gasteiger partial charge in [0.05, 0.1) is 6.61 Å². The van der Waals surface area contributed by atoms with Crippen LogP contribution in [0.15, 0.2) is 42.5 Å². The van der Waals surface area contributed by atoms with E-state index >= 15 is 0 Å². The van der Waals surface area contributed by atoms with E-state index in [1.807, 2.05) is 13.0 Å². The Morgan fingerprint density at radius 3 is 2.80 bits per heavy atom. The van der Waals surface area contributed by atoms with Crippen LogP contribution in [0.3, 0.4) is 0 Å². The van der Waals surface area contributed by atoms with Crippen LogP contribution in [0.4, 0.5) is 0 Å². The highest BCUT2D eigenvalue weighted by molar-refractivity contribution is 5.77. The zero-order chi connectivity index (χ0) is 14.1. The van der Waals surface area contributed by atoms with Crippen LogP contribution >= 0.6 is 0 Å². The predicted octanol–water partition coefficient (Wildman–Crippen LogP) is 2.94. The highest BCUT2D eigenvalue weighted by Crippen LogP contribution is 2.42. The monoisotopic (exact) mass is 271 g/mol. The SMILES string of the molecule is CCOC(=O)[C@@H]1C2C=CC(C2)N1[C@@H](C)c1ccccc1. The molecule has 1 fully saturated rings. The Morgan fingerprint density at radius 2 is 2.10 bits per heavy atom. The number of carbonyl (C=O) groups is 1. The highest BCUT2D eigenvalue weighted by atomic mass is 16.5. The summed E-state index contributed by atoms with van der Waals surface area (Å²) >= 11 is 0. The van der Waals surface area contributed by atoms with Gasteiger partial charge in [0.25, 0.3) is 0 Å². The number of nitrogens with zero attached hydrogens (tertiary/aromatic N) is 1. The van der Waals surface area contributed by atoms with Gasteiger partial charge < -0.3 is 4.74 Å². The summed E-state index contributed by atoms with van der Waals surface area (Å²) in [6, 6.07) is 10.8. The van der Waals surface area contributed by atoms with Crippen molar-refractivity contribution in [3.8, 4) is 0 Å². The van der Waals surface area contributed by atoms with Crippen molar-refractivity contribution in [1.82, 2.24) is 4.90 Å². The maximum atomic E-state index is 12.3. The lowest BCUT2D eigenvalue weighted by molar-refractivity contribution is -0.150. The maximum absolute atomic E-state index is 12.3. The molecular formula is C17H21NO2. The molecule has 4 atom stereocenters. The van der Waals surface area contributed by atoms with E-state index in [-0.39, 0.29) is 18.1 Å². The number of likely N-dealkylation sites (tertiary alicyclic amines) is 1. The third-order valence-corrected chi connectivity index (χ3v) is 4.46. The quantitative estimate of drug-likeness (QED) is 0.623. The zero-order valence-electron chi connectivity index (χ0n) is 12.0. The second-order valence-corrected chi connectivity index (χ2v) is 5.58. The van der Waals surface area contributed by atoms with Crippen molar-refractivity contribution in [3.05, 3.63) is 48.0 Å². The van der Waals surface area contributed by atoms with Crippen molar-refractivity contribution in [3.63, 3.8) is 0 Å². The molecular weight excluding hydrogens is 250 g/mol. The third kappa shape index (κ3) is 2.16. The van der Waals surface area contributed by atoms with Crippen LogP contribution in [-0.2, 0) is 9.53 Å². The summed E-state index contributed by atoms with van der Waals surface area (Å²) in [4.78, 5) is 14.6. The number of fused-ring (bicyclic) bond motifs is 2. The summed E-state index contributed by atoms with van der Waals surface area (Å²) in [7, 11) is 0. The molecule has 20 heavy (non-hydrogen) atoms. The van der Waals surface area contributed by atoms with Crippen LogP contribution < -0.4 is 0 Å². The van der Waals surface area contributed by atoms with Gasteiger partial charge in [-0.2, -0.15) is 0 Å². The van der Waals surface area contributed by atoms with Gasteiger partial charge in [-0.05, 0) is 25.8 Å². The Bertz CT molecular complexity index is 511. The first-order valence-electron chi connectivity index (χ1n) is 7.39. The van der Waals surface area contributed by atoms with Crippen LogP contribution in [0.2, 0.25) is 0 Å². The van der Waals surface area contributed by atoms with Crippen LogP contribution in [0.5, 0.6) is 0 Å². The van der Waals surface area contributed by atoms with Gasteiger partial charge >= 0.3 is 5.97 Å². The molecule has 2 bridgehead atoms. The molecule has 1 aliphatic carbocycles. The molecule has 2 unspecified atom stereocenters. The van der Waals surface area contributed by atoms with Crippen molar-refractivity contribution >= 4 is 5.97 Å². The Labute approximate surface area is 120 Å². The molecule has 0 radical (unpaired) electrons. The Balaban J connectivity index is 1.87. The molecule has 0 aromatic heterocycles. The molecule has 3 heteroatoms. The lowest BCUT2D eigenvalue weighted by Crippen LogP contribution is -2.46. The Morgan fingerprint density at radius 1 is 1.35 bits per heavy atom. The number of benzene rings is 1. The number of hydrogen-bond donors (Lipinski definition) is 0. The minimum atomic E-state index is -0.125. The van der Waals surface area contributed by atoms with Gasteiger partial charge in [0.2, 0.25) is 0 Å². The number of esters is 1. The molecule has 1 saturated heterocycles. The van der Waals surface area contributed by atoms with Crippen LogP contribution in [-0.4, -0.2) is 29.6 Å². The molecule has 0 spiro atoms. The minimum Gasteiger partial charge on any atom is -0.465 e. The average Bonchev–Trinajstić information content (AvgIpc) is 3.08. The van der Waals surface area contributed by atoms with Gasteiger partial charge in [0.1, 0.15) is 6.04 Å². The molecule has 3 nitrogen and oxygen atoms in total. The van der Waals surface area contributed by atoms with E-state index in [0.29, 0.717) is 18.6 Å². The molecule has 106 valence electrons. The van der Waals surface area contributed by atoms with Gasteiger partial charge in [0.15, 0.2) is 0 Å². The van der Waals surface area contributed by atoms with Gasteiger partial charge in [-0.25, -0.2) is 0 Å². The Hall–Kier alpha value is -1.61. The molecule has 1 aromatic carbocycles. The van der Waals surface area contributed by atoms with Crippen LogP contribution in [0, 0.1) is 5.92 Å². The number of hydrogen-bond acceptors (Lipinski definition) is 3. The smallest absolute Gasteiger partial charge is 0.323 e.